The quantitative estimate of drug-likeness (QED) is 0.225. The molecule has 0 bridgehead atoms. The maximum Gasteiger partial charge on any atom is 0.0180 e. The van der Waals surface area contributed by atoms with Crippen LogP contribution in [-0.4, -0.2) is 4.83 Å². The lowest BCUT2D eigenvalue weighted by molar-refractivity contribution is 0.718. The highest BCUT2D eigenvalue weighted by molar-refractivity contribution is 14.1. The minimum absolute atomic E-state index is 0.622. The molecule has 0 aromatic carbocycles. The fourth-order valence-electron chi connectivity index (χ4n) is 1.24. The van der Waals surface area contributed by atoms with Gasteiger partial charge in [0.05, 0.1) is 0 Å². The number of alkyl halides is 1. The van der Waals surface area contributed by atoms with E-state index in [9.17, 15) is 0 Å². The van der Waals surface area contributed by atoms with E-state index in [4.69, 9.17) is 0 Å². The average Bonchev–Trinajstić information content (AvgIpc) is 2.13. The largest absolute Gasteiger partial charge is 0.103 e. The summed E-state index contributed by atoms with van der Waals surface area (Å²) < 4.78 is 1.51. The van der Waals surface area contributed by atoms with E-state index in [2.05, 4.69) is 58.1 Å². The lowest BCUT2D eigenvalue weighted by Crippen LogP contribution is -1.94. The SMILES string of the molecule is C=CCC(Br)CCCC=C(I)CCC. The number of halogens is 2. The van der Waals surface area contributed by atoms with Gasteiger partial charge in [0.1, 0.15) is 0 Å². The summed E-state index contributed by atoms with van der Waals surface area (Å²) >= 11 is 6.09. The van der Waals surface area contributed by atoms with Crippen LogP contribution in [0, 0.1) is 0 Å². The van der Waals surface area contributed by atoms with Gasteiger partial charge in [-0.2, -0.15) is 0 Å². The van der Waals surface area contributed by atoms with Crippen LogP contribution in [0.5, 0.6) is 0 Å². The van der Waals surface area contributed by atoms with Gasteiger partial charge in [0.2, 0.25) is 0 Å². The van der Waals surface area contributed by atoms with Gasteiger partial charge in [-0.1, -0.05) is 41.4 Å². The zero-order valence-corrected chi connectivity index (χ0v) is 12.7. The second-order valence-corrected chi connectivity index (χ2v) is 6.13. The van der Waals surface area contributed by atoms with Gasteiger partial charge in [0.25, 0.3) is 0 Å². The molecular weight excluding hydrogens is 351 g/mol. The number of allylic oxidation sites excluding steroid dienone is 3. The van der Waals surface area contributed by atoms with E-state index in [-0.39, 0.29) is 0 Å². The maximum atomic E-state index is 3.74. The Morgan fingerprint density at radius 1 is 1.57 bits per heavy atom. The van der Waals surface area contributed by atoms with Crippen molar-refractivity contribution < 1.29 is 0 Å². The summed E-state index contributed by atoms with van der Waals surface area (Å²) in [5.41, 5.74) is 0. The number of unbranched alkanes of at least 4 members (excludes halogenated alkanes) is 1. The molecule has 0 aliphatic heterocycles. The van der Waals surface area contributed by atoms with E-state index in [1.165, 1.54) is 35.7 Å². The molecule has 0 N–H and O–H groups in total. The Balaban J connectivity index is 3.44. The molecule has 0 fully saturated rings. The molecule has 0 rings (SSSR count). The van der Waals surface area contributed by atoms with Gasteiger partial charge in [-0.25, -0.2) is 0 Å². The normalized spacial score (nSPS) is 14.1. The summed E-state index contributed by atoms with van der Waals surface area (Å²) in [6, 6.07) is 0. The maximum absolute atomic E-state index is 3.74. The molecule has 0 radical (unpaired) electrons. The Morgan fingerprint density at radius 2 is 2.29 bits per heavy atom. The molecule has 0 nitrogen and oxygen atoms in total. The van der Waals surface area contributed by atoms with E-state index in [1.807, 2.05) is 6.08 Å². The Hall–Kier alpha value is 0.690. The summed E-state index contributed by atoms with van der Waals surface area (Å²) in [6.07, 6.45) is 11.7. The second-order valence-electron chi connectivity index (χ2n) is 3.45. The summed E-state index contributed by atoms with van der Waals surface area (Å²) in [5, 5.41) is 0. The van der Waals surface area contributed by atoms with Crippen molar-refractivity contribution in [2.75, 3.05) is 0 Å². The summed E-state index contributed by atoms with van der Waals surface area (Å²) in [6.45, 7) is 5.97. The van der Waals surface area contributed by atoms with Crippen LogP contribution in [0.3, 0.4) is 0 Å². The molecule has 82 valence electrons. The second kappa shape index (κ2) is 10.2. The summed E-state index contributed by atoms with van der Waals surface area (Å²) in [7, 11) is 0. The predicted octanol–water partition coefficient (Wildman–Crippen LogP) is 5.62. The van der Waals surface area contributed by atoms with Crippen LogP contribution < -0.4 is 0 Å². The molecule has 0 aliphatic rings. The van der Waals surface area contributed by atoms with E-state index in [1.54, 1.807) is 0 Å². The lowest BCUT2D eigenvalue weighted by atomic mass is 10.1. The third-order valence-corrected chi connectivity index (χ3v) is 3.81. The molecule has 1 unspecified atom stereocenters. The molecule has 14 heavy (non-hydrogen) atoms. The third-order valence-electron chi connectivity index (χ3n) is 2.00. The molecule has 1 atom stereocenters. The number of rotatable bonds is 8. The van der Waals surface area contributed by atoms with Gasteiger partial charge in [-0.05, 0) is 58.3 Å². The standard InChI is InChI=1S/C12H20BrI/c1-3-7-11(13)9-5-6-10-12(14)8-4-2/h3,10-11H,1,4-9H2,2H3. The Bertz CT molecular complexity index is 175. The van der Waals surface area contributed by atoms with Gasteiger partial charge in [-0.15, -0.1) is 6.58 Å². The first-order valence-electron chi connectivity index (χ1n) is 5.30. The summed E-state index contributed by atoms with van der Waals surface area (Å²) in [4.78, 5) is 0.622. The van der Waals surface area contributed by atoms with Gasteiger partial charge in [0.15, 0.2) is 0 Å². The van der Waals surface area contributed by atoms with Crippen molar-refractivity contribution in [1.29, 1.82) is 0 Å². The Kier molecular flexibility index (Phi) is 10.7. The minimum atomic E-state index is 0.622. The first-order chi connectivity index (χ1) is 6.70. The first kappa shape index (κ1) is 14.7. The molecular formula is C12H20BrI. The highest BCUT2D eigenvalue weighted by Gasteiger charge is 1.99. The molecule has 0 aliphatic carbocycles. The summed E-state index contributed by atoms with van der Waals surface area (Å²) in [5.74, 6) is 0. The minimum Gasteiger partial charge on any atom is -0.103 e. The highest BCUT2D eigenvalue weighted by atomic mass is 127. The smallest absolute Gasteiger partial charge is 0.0180 e. The van der Waals surface area contributed by atoms with E-state index >= 15 is 0 Å². The van der Waals surface area contributed by atoms with Crippen LogP contribution in [0.2, 0.25) is 0 Å². The molecule has 0 heterocycles. The first-order valence-corrected chi connectivity index (χ1v) is 7.29. The van der Waals surface area contributed by atoms with Gasteiger partial charge < -0.3 is 0 Å². The molecule has 0 saturated carbocycles. The monoisotopic (exact) mass is 370 g/mol. The van der Waals surface area contributed by atoms with E-state index in [0.29, 0.717) is 4.83 Å². The van der Waals surface area contributed by atoms with Crippen LogP contribution in [0.15, 0.2) is 22.3 Å². The van der Waals surface area contributed by atoms with Gasteiger partial charge >= 0.3 is 0 Å². The van der Waals surface area contributed by atoms with Crippen LogP contribution in [0.1, 0.15) is 45.4 Å². The van der Waals surface area contributed by atoms with Crippen molar-refractivity contribution in [2.45, 2.75) is 50.3 Å². The number of hydrogen-bond donors (Lipinski definition) is 0. The molecule has 0 spiro atoms. The fourth-order valence-corrected chi connectivity index (χ4v) is 2.68. The molecule has 2 heteroatoms. The third kappa shape index (κ3) is 9.25. The average molecular weight is 371 g/mol. The fraction of sp³-hybridized carbons (Fsp3) is 0.667. The van der Waals surface area contributed by atoms with Crippen LogP contribution in [-0.2, 0) is 0 Å². The zero-order valence-electron chi connectivity index (χ0n) is 8.94. The van der Waals surface area contributed by atoms with Crippen LogP contribution >= 0.6 is 38.5 Å². The van der Waals surface area contributed by atoms with Crippen molar-refractivity contribution >= 4 is 38.5 Å². The predicted molar refractivity (Wildman–Crippen MR) is 78.4 cm³/mol. The van der Waals surface area contributed by atoms with Crippen molar-refractivity contribution in [3.63, 3.8) is 0 Å². The van der Waals surface area contributed by atoms with Crippen LogP contribution in [0.4, 0.5) is 0 Å². The Morgan fingerprint density at radius 3 is 2.86 bits per heavy atom. The lowest BCUT2D eigenvalue weighted by Gasteiger charge is -2.04. The molecule has 0 saturated heterocycles. The van der Waals surface area contributed by atoms with Crippen LogP contribution in [0.25, 0.3) is 0 Å². The van der Waals surface area contributed by atoms with Crippen molar-refractivity contribution in [2.24, 2.45) is 0 Å². The molecule has 0 amide bonds. The van der Waals surface area contributed by atoms with E-state index in [0.717, 1.165) is 6.42 Å². The van der Waals surface area contributed by atoms with Crippen molar-refractivity contribution in [1.82, 2.24) is 0 Å². The van der Waals surface area contributed by atoms with Crippen molar-refractivity contribution in [3.8, 4) is 0 Å². The zero-order chi connectivity index (χ0) is 10.8. The molecule has 0 aromatic heterocycles. The van der Waals surface area contributed by atoms with Crippen molar-refractivity contribution in [3.05, 3.63) is 22.3 Å². The topological polar surface area (TPSA) is 0 Å². The molecule has 0 aromatic rings. The van der Waals surface area contributed by atoms with E-state index < -0.39 is 0 Å². The Labute approximate surface area is 111 Å². The highest BCUT2D eigenvalue weighted by Crippen LogP contribution is 2.18. The number of hydrogen-bond acceptors (Lipinski definition) is 0. The van der Waals surface area contributed by atoms with Gasteiger partial charge in [-0.3, -0.25) is 0 Å². The van der Waals surface area contributed by atoms with Gasteiger partial charge in [0, 0.05) is 4.83 Å².